The van der Waals surface area contributed by atoms with Crippen LogP contribution in [0.3, 0.4) is 0 Å². The summed E-state index contributed by atoms with van der Waals surface area (Å²) in [4.78, 5) is 17.1. The van der Waals surface area contributed by atoms with Crippen molar-refractivity contribution in [3.63, 3.8) is 0 Å². The highest BCUT2D eigenvalue weighted by atomic mass is 19.1. The zero-order chi connectivity index (χ0) is 19.2. The molecule has 0 aliphatic heterocycles. The Balaban J connectivity index is 1.80. The summed E-state index contributed by atoms with van der Waals surface area (Å²) in [5.41, 5.74) is 0.647. The molecule has 0 saturated heterocycles. The van der Waals surface area contributed by atoms with Crippen LogP contribution in [0.1, 0.15) is 19.5 Å². The van der Waals surface area contributed by atoms with Gasteiger partial charge in [0.05, 0.1) is 28.8 Å². The summed E-state index contributed by atoms with van der Waals surface area (Å²) in [5, 5.41) is 10.1. The van der Waals surface area contributed by atoms with E-state index in [0.29, 0.717) is 22.9 Å². The van der Waals surface area contributed by atoms with Crippen molar-refractivity contribution in [1.29, 1.82) is 0 Å². The van der Waals surface area contributed by atoms with Crippen molar-refractivity contribution in [2.45, 2.75) is 19.4 Å². The average molecular weight is 367 g/mol. The molecule has 6 nitrogen and oxygen atoms in total. The zero-order valence-electron chi connectivity index (χ0n) is 14.6. The Morgan fingerprint density at radius 3 is 2.59 bits per heavy atom. The predicted octanol–water partition coefficient (Wildman–Crippen LogP) is 3.36. The summed E-state index contributed by atoms with van der Waals surface area (Å²) in [7, 11) is 0. The highest BCUT2D eigenvalue weighted by Crippen LogP contribution is 2.25. The first-order valence-electron chi connectivity index (χ1n) is 8.19. The monoisotopic (exact) mass is 367 g/mol. The van der Waals surface area contributed by atoms with Gasteiger partial charge in [0.1, 0.15) is 17.2 Å². The van der Waals surface area contributed by atoms with Gasteiger partial charge in [-0.3, -0.25) is 4.40 Å². The number of imidazole rings is 1. The molecular formula is C19H15F2N5O. The second kappa shape index (κ2) is 6.17. The third-order valence-corrected chi connectivity index (χ3v) is 4.10. The minimum atomic E-state index is -1.09. The lowest BCUT2D eigenvalue weighted by atomic mass is 10.1. The Kier molecular flexibility index (Phi) is 3.92. The lowest BCUT2D eigenvalue weighted by Crippen LogP contribution is -2.18. The SMILES string of the molecule is CC(C)(O)c1ccn2c(-c3ccnc(-c4ccc(F)cc4F)n3)cnc2n1. The van der Waals surface area contributed by atoms with Crippen molar-refractivity contribution in [2.24, 2.45) is 0 Å². The molecule has 0 spiro atoms. The van der Waals surface area contributed by atoms with Crippen LogP contribution in [0, 0.1) is 11.6 Å². The standard InChI is InChI=1S/C19H15F2N5O/c1-19(2,27)16-6-8-26-15(10-23-18(26)25-16)14-5-7-22-17(24-14)12-4-3-11(20)9-13(12)21/h3-10,27H,1-2H3. The minimum Gasteiger partial charge on any atom is -0.384 e. The number of aliphatic hydroxyl groups is 1. The predicted molar refractivity (Wildman–Crippen MR) is 94.6 cm³/mol. The normalized spacial score (nSPS) is 11.9. The van der Waals surface area contributed by atoms with Gasteiger partial charge in [-0.15, -0.1) is 0 Å². The van der Waals surface area contributed by atoms with Gasteiger partial charge in [-0.25, -0.2) is 28.7 Å². The van der Waals surface area contributed by atoms with E-state index in [4.69, 9.17) is 0 Å². The molecule has 1 aromatic carbocycles. The maximum atomic E-state index is 14.0. The molecule has 0 unspecified atom stereocenters. The van der Waals surface area contributed by atoms with Gasteiger partial charge >= 0.3 is 0 Å². The topological polar surface area (TPSA) is 76.2 Å². The maximum absolute atomic E-state index is 14.0. The Morgan fingerprint density at radius 2 is 1.85 bits per heavy atom. The van der Waals surface area contributed by atoms with E-state index in [1.54, 1.807) is 42.8 Å². The van der Waals surface area contributed by atoms with Crippen molar-refractivity contribution in [2.75, 3.05) is 0 Å². The molecule has 1 N–H and O–H groups in total. The Hall–Kier alpha value is -3.26. The van der Waals surface area contributed by atoms with Crippen LogP contribution in [0.2, 0.25) is 0 Å². The second-order valence-corrected chi connectivity index (χ2v) is 6.57. The first kappa shape index (κ1) is 17.2. The highest BCUT2D eigenvalue weighted by molar-refractivity contribution is 5.63. The van der Waals surface area contributed by atoms with Crippen LogP contribution in [-0.2, 0) is 5.60 Å². The van der Waals surface area contributed by atoms with E-state index in [-0.39, 0.29) is 11.4 Å². The molecule has 0 bridgehead atoms. The van der Waals surface area contributed by atoms with Gasteiger partial charge < -0.3 is 5.11 Å². The quantitative estimate of drug-likeness (QED) is 0.601. The largest absolute Gasteiger partial charge is 0.384 e. The van der Waals surface area contributed by atoms with Crippen molar-refractivity contribution in [1.82, 2.24) is 24.3 Å². The molecule has 0 radical (unpaired) electrons. The van der Waals surface area contributed by atoms with Crippen molar-refractivity contribution in [3.05, 3.63) is 66.3 Å². The molecule has 4 aromatic rings. The molecule has 27 heavy (non-hydrogen) atoms. The summed E-state index contributed by atoms with van der Waals surface area (Å²) in [6, 6.07) is 6.61. The summed E-state index contributed by atoms with van der Waals surface area (Å²) in [6.45, 7) is 3.28. The molecule has 136 valence electrons. The molecule has 0 aliphatic rings. The van der Waals surface area contributed by atoms with E-state index in [1.807, 2.05) is 0 Å². The Morgan fingerprint density at radius 1 is 1.04 bits per heavy atom. The molecule has 0 saturated carbocycles. The molecule has 3 heterocycles. The Bertz CT molecular complexity index is 1150. The number of hydrogen-bond acceptors (Lipinski definition) is 5. The number of fused-ring (bicyclic) bond motifs is 1. The first-order valence-corrected chi connectivity index (χ1v) is 8.19. The molecule has 4 rings (SSSR count). The molecule has 0 aliphatic carbocycles. The smallest absolute Gasteiger partial charge is 0.234 e. The molecular weight excluding hydrogens is 352 g/mol. The van der Waals surface area contributed by atoms with Crippen molar-refractivity contribution < 1.29 is 13.9 Å². The van der Waals surface area contributed by atoms with E-state index in [0.717, 1.165) is 12.1 Å². The second-order valence-electron chi connectivity index (χ2n) is 6.57. The van der Waals surface area contributed by atoms with Gasteiger partial charge in [-0.1, -0.05) is 0 Å². The van der Waals surface area contributed by atoms with Crippen LogP contribution < -0.4 is 0 Å². The van der Waals surface area contributed by atoms with Gasteiger partial charge in [-0.05, 0) is 38.1 Å². The highest BCUT2D eigenvalue weighted by Gasteiger charge is 2.19. The van der Waals surface area contributed by atoms with Crippen LogP contribution in [-0.4, -0.2) is 29.4 Å². The van der Waals surface area contributed by atoms with Crippen molar-refractivity contribution >= 4 is 5.78 Å². The van der Waals surface area contributed by atoms with Gasteiger partial charge in [0, 0.05) is 18.5 Å². The zero-order valence-corrected chi connectivity index (χ0v) is 14.6. The summed E-state index contributed by atoms with van der Waals surface area (Å²) < 4.78 is 28.9. The van der Waals surface area contributed by atoms with E-state index >= 15 is 0 Å². The number of halogens is 2. The fraction of sp³-hybridized carbons (Fsp3) is 0.158. The van der Waals surface area contributed by atoms with Crippen LogP contribution in [0.5, 0.6) is 0 Å². The molecule has 0 amide bonds. The van der Waals surface area contributed by atoms with E-state index in [1.165, 1.54) is 12.3 Å². The van der Waals surface area contributed by atoms with Gasteiger partial charge in [0.25, 0.3) is 0 Å². The lowest BCUT2D eigenvalue weighted by Gasteiger charge is -2.16. The van der Waals surface area contributed by atoms with E-state index < -0.39 is 17.2 Å². The molecule has 0 fully saturated rings. The lowest BCUT2D eigenvalue weighted by molar-refractivity contribution is 0.0739. The van der Waals surface area contributed by atoms with Crippen LogP contribution in [0.25, 0.3) is 28.6 Å². The summed E-state index contributed by atoms with van der Waals surface area (Å²) in [6.07, 6.45) is 4.82. The maximum Gasteiger partial charge on any atom is 0.234 e. The van der Waals surface area contributed by atoms with Gasteiger partial charge in [0.2, 0.25) is 5.78 Å². The van der Waals surface area contributed by atoms with Crippen LogP contribution >= 0.6 is 0 Å². The van der Waals surface area contributed by atoms with Crippen LogP contribution in [0.4, 0.5) is 8.78 Å². The third kappa shape index (κ3) is 3.15. The first-order chi connectivity index (χ1) is 12.8. The fourth-order valence-electron chi connectivity index (χ4n) is 2.70. The van der Waals surface area contributed by atoms with E-state index in [2.05, 4.69) is 19.9 Å². The number of aromatic nitrogens is 5. The number of hydrogen-bond donors (Lipinski definition) is 1. The molecule has 3 aromatic heterocycles. The number of rotatable bonds is 3. The van der Waals surface area contributed by atoms with E-state index in [9.17, 15) is 13.9 Å². The summed E-state index contributed by atoms with van der Waals surface area (Å²) in [5.74, 6) is -0.858. The number of nitrogens with zero attached hydrogens (tertiary/aromatic N) is 5. The van der Waals surface area contributed by atoms with Gasteiger partial charge in [-0.2, -0.15) is 0 Å². The van der Waals surface area contributed by atoms with Crippen LogP contribution in [0.15, 0.2) is 48.9 Å². The molecule has 0 atom stereocenters. The third-order valence-electron chi connectivity index (χ3n) is 4.10. The Labute approximate surface area is 153 Å². The molecule has 8 heteroatoms. The minimum absolute atomic E-state index is 0.106. The number of benzene rings is 1. The fourth-order valence-corrected chi connectivity index (χ4v) is 2.70. The van der Waals surface area contributed by atoms with Crippen molar-refractivity contribution in [3.8, 4) is 22.8 Å². The van der Waals surface area contributed by atoms with Gasteiger partial charge in [0.15, 0.2) is 5.82 Å². The average Bonchev–Trinajstić information content (AvgIpc) is 3.04. The summed E-state index contributed by atoms with van der Waals surface area (Å²) >= 11 is 0.